The van der Waals surface area contributed by atoms with E-state index in [9.17, 15) is 14.9 Å². The summed E-state index contributed by atoms with van der Waals surface area (Å²) < 4.78 is 0.903. The van der Waals surface area contributed by atoms with Crippen LogP contribution in [0, 0.1) is 10.1 Å². The summed E-state index contributed by atoms with van der Waals surface area (Å²) >= 11 is 0. The minimum absolute atomic E-state index is 0.0104. The van der Waals surface area contributed by atoms with Gasteiger partial charge in [0.25, 0.3) is 0 Å². The number of hydrogen-bond acceptors (Lipinski definition) is 8. The molecule has 13 heteroatoms. The Labute approximate surface area is 98.0 Å². The third-order valence-corrected chi connectivity index (χ3v) is 1.31. The molecule has 2 rings (SSSR count). The lowest BCUT2D eigenvalue weighted by molar-refractivity contribution is -0.432. The van der Waals surface area contributed by atoms with Gasteiger partial charge in [0.2, 0.25) is 0 Å². The second kappa shape index (κ2) is 5.73. The van der Waals surface area contributed by atoms with Crippen LogP contribution in [0.5, 0.6) is 0 Å². The molecule has 0 amide bonds. The standard InChI is InChI=1S/C3H5N5O.C2H2N5O2/c4-1-6-2(5)8-3(9)7-1;8-7(9)5-6-1-3-4-2-6/h(H5,4,5,6,7,8,9);1-2H/q;-1/p+1. The summed E-state index contributed by atoms with van der Waals surface area (Å²) in [6.45, 7) is 0. The number of rotatable bonds is 2. The van der Waals surface area contributed by atoms with Gasteiger partial charge >= 0.3 is 17.6 Å². The molecular weight excluding hydrogens is 248 g/mol. The summed E-state index contributed by atoms with van der Waals surface area (Å²) in [6.07, 6.45) is 2.26. The summed E-state index contributed by atoms with van der Waals surface area (Å²) in [5.74, 6) is 0.0208. The average molecular weight is 256 g/mol. The Bertz CT molecular complexity index is 538. The molecule has 0 atom stereocenters. The van der Waals surface area contributed by atoms with Crippen LogP contribution in [0.15, 0.2) is 17.4 Å². The van der Waals surface area contributed by atoms with Crippen molar-refractivity contribution in [3.8, 4) is 0 Å². The van der Waals surface area contributed by atoms with Crippen LogP contribution < -0.4 is 22.1 Å². The topological polar surface area (TPSA) is 200 Å². The van der Waals surface area contributed by atoms with Gasteiger partial charge in [-0.25, -0.2) is 14.8 Å². The number of anilines is 2. The number of nitrogens with one attached hydrogen (secondary N) is 2. The Kier molecular flexibility index (Phi) is 4.08. The molecule has 2 heterocycles. The van der Waals surface area contributed by atoms with Crippen LogP contribution >= 0.6 is 0 Å². The summed E-state index contributed by atoms with van der Waals surface area (Å²) in [6, 6.07) is 0. The Hall–Kier alpha value is -3.25. The number of aromatic nitrogens is 6. The summed E-state index contributed by atoms with van der Waals surface area (Å²) in [4.78, 5) is 27.9. The van der Waals surface area contributed by atoms with Gasteiger partial charge in [-0.1, -0.05) is 4.98 Å². The van der Waals surface area contributed by atoms with Gasteiger partial charge in [-0.05, 0) is 0 Å². The molecule has 0 bridgehead atoms. The zero-order valence-corrected chi connectivity index (χ0v) is 8.72. The lowest BCUT2D eigenvalue weighted by Gasteiger charge is -2.08. The molecular formula is C5H8N10O3. The Morgan fingerprint density at radius 2 is 2.06 bits per heavy atom. The smallest absolute Gasteiger partial charge is 0.373 e. The predicted octanol–water partition coefficient (Wildman–Crippen LogP) is -2.64. The molecule has 13 nitrogen and oxygen atoms in total. The van der Waals surface area contributed by atoms with E-state index in [-0.39, 0.29) is 11.9 Å². The molecule has 2 aromatic heterocycles. The first kappa shape index (κ1) is 12.8. The van der Waals surface area contributed by atoms with Crippen LogP contribution in [-0.4, -0.2) is 29.9 Å². The fourth-order valence-electron chi connectivity index (χ4n) is 0.775. The third kappa shape index (κ3) is 4.51. The van der Waals surface area contributed by atoms with Crippen molar-refractivity contribution in [3.63, 3.8) is 0 Å². The number of aromatic amines is 2. The maximum Gasteiger partial charge on any atom is 0.415 e. The molecule has 0 spiro atoms. The molecule has 0 radical (unpaired) electrons. The number of hydrogen-bond donors (Lipinski definition) is 3. The van der Waals surface area contributed by atoms with Crippen molar-refractivity contribution in [2.75, 3.05) is 11.5 Å². The van der Waals surface area contributed by atoms with E-state index >= 15 is 0 Å². The number of nitrogens with zero attached hydrogens (tertiary/aromatic N) is 6. The molecule has 0 aromatic carbocycles. The molecule has 0 unspecified atom stereocenters. The first-order chi connectivity index (χ1) is 8.47. The lowest BCUT2D eigenvalue weighted by atomic mass is 10.9. The molecule has 6 N–H and O–H groups in total. The molecule has 18 heavy (non-hydrogen) atoms. The summed E-state index contributed by atoms with van der Waals surface area (Å²) in [7, 11) is 0. The summed E-state index contributed by atoms with van der Waals surface area (Å²) in [5.41, 5.74) is 12.6. The van der Waals surface area contributed by atoms with Gasteiger partial charge in [-0.3, -0.25) is 10.2 Å². The first-order valence-electron chi connectivity index (χ1n) is 4.23. The zero-order chi connectivity index (χ0) is 13.5. The molecule has 0 fully saturated rings. The fraction of sp³-hybridized carbons (Fsp3) is 0. The highest BCUT2D eigenvalue weighted by molar-refractivity contribution is 5.17. The normalized spacial score (nSPS) is 9.11. The van der Waals surface area contributed by atoms with Crippen molar-refractivity contribution in [3.05, 3.63) is 38.8 Å². The highest BCUT2D eigenvalue weighted by atomic mass is 16.7. The second-order valence-corrected chi connectivity index (χ2v) is 2.63. The van der Waals surface area contributed by atoms with Crippen LogP contribution in [0.25, 0.3) is 5.53 Å². The van der Waals surface area contributed by atoms with Crippen LogP contribution in [-0.2, 0) is 0 Å². The van der Waals surface area contributed by atoms with Crippen molar-refractivity contribution in [2.45, 2.75) is 0 Å². The van der Waals surface area contributed by atoms with Gasteiger partial charge in [0.05, 0.1) is 0 Å². The van der Waals surface area contributed by atoms with Crippen LogP contribution in [0.1, 0.15) is 0 Å². The molecule has 96 valence electrons. The van der Waals surface area contributed by atoms with E-state index in [1.54, 1.807) is 0 Å². The van der Waals surface area contributed by atoms with Crippen LogP contribution in [0.2, 0.25) is 0 Å². The molecule has 2 aromatic rings. The SMILES string of the molecule is Nc1nc(N)[nH+]c(=O)[nH]1.O=[N+]([O-])[N-]n1cnnc1. The largest absolute Gasteiger partial charge is 0.415 e. The van der Waals surface area contributed by atoms with Gasteiger partial charge in [0, 0.05) is 0 Å². The van der Waals surface area contributed by atoms with Crippen LogP contribution in [0.4, 0.5) is 11.9 Å². The first-order valence-corrected chi connectivity index (χ1v) is 4.23. The highest BCUT2D eigenvalue weighted by Gasteiger charge is 1.98. The highest BCUT2D eigenvalue weighted by Crippen LogP contribution is 1.89. The molecule has 0 saturated heterocycles. The van der Waals surface area contributed by atoms with Crippen LogP contribution in [0.3, 0.4) is 0 Å². The lowest BCUT2D eigenvalue weighted by Crippen LogP contribution is -2.34. The fourth-order valence-corrected chi connectivity index (χ4v) is 0.775. The Balaban J connectivity index is 0.000000180. The van der Waals surface area contributed by atoms with Gasteiger partial charge in [0.1, 0.15) is 0 Å². The number of nitrogen functional groups attached to an aromatic ring is 2. The molecule has 0 saturated carbocycles. The number of H-pyrrole nitrogens is 2. The predicted molar refractivity (Wildman–Crippen MR) is 56.0 cm³/mol. The van der Waals surface area contributed by atoms with Gasteiger partial charge < -0.3 is 21.6 Å². The van der Waals surface area contributed by atoms with E-state index in [1.165, 1.54) is 0 Å². The number of nitro groups is 1. The van der Waals surface area contributed by atoms with Gasteiger partial charge in [-0.15, -0.1) is 15.2 Å². The van der Waals surface area contributed by atoms with E-state index in [0.29, 0.717) is 0 Å². The Morgan fingerprint density at radius 3 is 2.50 bits per heavy atom. The quantitative estimate of drug-likeness (QED) is 0.381. The van der Waals surface area contributed by atoms with Gasteiger partial charge in [0.15, 0.2) is 12.7 Å². The van der Waals surface area contributed by atoms with Crippen molar-refractivity contribution in [2.24, 2.45) is 0 Å². The molecule has 0 aliphatic rings. The van der Waals surface area contributed by atoms with E-state index in [4.69, 9.17) is 11.5 Å². The summed E-state index contributed by atoms with van der Waals surface area (Å²) in [5, 5.41) is 15.4. The van der Waals surface area contributed by atoms with E-state index < -0.39 is 10.7 Å². The van der Waals surface area contributed by atoms with Crippen molar-refractivity contribution in [1.29, 1.82) is 0 Å². The van der Waals surface area contributed by atoms with E-state index in [0.717, 1.165) is 17.3 Å². The maximum absolute atomic E-state index is 10.4. The maximum atomic E-state index is 10.4. The zero-order valence-electron chi connectivity index (χ0n) is 8.72. The minimum Gasteiger partial charge on any atom is -0.373 e. The van der Waals surface area contributed by atoms with E-state index in [1.807, 2.05) is 0 Å². The second-order valence-electron chi connectivity index (χ2n) is 2.63. The average Bonchev–Trinajstić information content (AvgIpc) is 2.67. The Morgan fingerprint density at radius 1 is 1.44 bits per heavy atom. The molecule has 0 aliphatic carbocycles. The monoisotopic (exact) mass is 256 g/mol. The van der Waals surface area contributed by atoms with Crippen molar-refractivity contribution in [1.82, 2.24) is 24.8 Å². The van der Waals surface area contributed by atoms with Gasteiger partial charge in [-0.2, -0.15) is 0 Å². The van der Waals surface area contributed by atoms with Crippen molar-refractivity contribution < 1.29 is 10.0 Å². The minimum atomic E-state index is -0.830. The molecule has 0 aliphatic heterocycles. The van der Waals surface area contributed by atoms with E-state index in [2.05, 4.69) is 30.7 Å². The van der Waals surface area contributed by atoms with Crippen molar-refractivity contribution >= 4 is 11.9 Å². The number of nitrogens with two attached hydrogens (primary N) is 2. The third-order valence-electron chi connectivity index (χ3n) is 1.31.